The van der Waals surface area contributed by atoms with E-state index in [1.54, 1.807) is 0 Å². The van der Waals surface area contributed by atoms with E-state index in [1.807, 2.05) is 0 Å². The van der Waals surface area contributed by atoms with Crippen LogP contribution in [0, 0.1) is 0 Å². The molecule has 2 nitrogen and oxygen atoms in total. The van der Waals surface area contributed by atoms with Gasteiger partial charge in [0.25, 0.3) is 0 Å². The van der Waals surface area contributed by atoms with Crippen LogP contribution in [0.5, 0.6) is 0 Å². The average molecular weight is 249 g/mol. The fourth-order valence-electron chi connectivity index (χ4n) is 2.26. The summed E-state index contributed by atoms with van der Waals surface area (Å²) in [5, 5.41) is 10.2. The summed E-state index contributed by atoms with van der Waals surface area (Å²) in [6, 6.07) is 8.52. The second kappa shape index (κ2) is 7.55. The predicted octanol–water partition coefficient (Wildman–Crippen LogP) is 3.40. The molecule has 0 spiro atoms. The van der Waals surface area contributed by atoms with Gasteiger partial charge in [0.1, 0.15) is 0 Å². The molecule has 1 rings (SSSR count). The number of rotatable bonds is 7. The van der Waals surface area contributed by atoms with Crippen molar-refractivity contribution < 1.29 is 5.11 Å². The first kappa shape index (κ1) is 15.2. The zero-order chi connectivity index (χ0) is 13.5. The second-order valence-corrected chi connectivity index (χ2v) is 5.37. The van der Waals surface area contributed by atoms with Crippen LogP contribution < -0.4 is 5.73 Å². The van der Waals surface area contributed by atoms with E-state index in [0.29, 0.717) is 12.5 Å². The largest absolute Gasteiger partial charge is 0.392 e. The fourth-order valence-corrected chi connectivity index (χ4v) is 2.26. The first-order valence-electron chi connectivity index (χ1n) is 7.08. The third-order valence-electron chi connectivity index (χ3n) is 3.60. The molecule has 2 heteroatoms. The van der Waals surface area contributed by atoms with E-state index in [0.717, 1.165) is 24.8 Å². The van der Waals surface area contributed by atoms with Gasteiger partial charge in [0.05, 0.1) is 6.10 Å². The highest BCUT2D eigenvalue weighted by Crippen LogP contribution is 2.24. The van der Waals surface area contributed by atoms with Crippen molar-refractivity contribution in [3.05, 3.63) is 35.4 Å². The normalized spacial score (nSPS) is 14.8. The van der Waals surface area contributed by atoms with Gasteiger partial charge in [-0.15, -0.1) is 0 Å². The Balaban J connectivity index is 2.75. The van der Waals surface area contributed by atoms with Gasteiger partial charge in [-0.25, -0.2) is 0 Å². The molecule has 0 aliphatic rings. The smallest absolute Gasteiger partial charge is 0.0620 e. The Kier molecular flexibility index (Phi) is 6.37. The first-order chi connectivity index (χ1) is 8.60. The molecule has 3 N–H and O–H groups in total. The van der Waals surface area contributed by atoms with Crippen LogP contribution in [-0.4, -0.2) is 17.8 Å². The number of benzene rings is 1. The Bertz CT molecular complexity index is 331. The first-order valence-corrected chi connectivity index (χ1v) is 7.08. The van der Waals surface area contributed by atoms with Gasteiger partial charge in [-0.3, -0.25) is 0 Å². The van der Waals surface area contributed by atoms with Crippen LogP contribution in [0.25, 0.3) is 0 Å². The zero-order valence-electron chi connectivity index (χ0n) is 11.9. The van der Waals surface area contributed by atoms with Gasteiger partial charge in [0.15, 0.2) is 0 Å². The van der Waals surface area contributed by atoms with Gasteiger partial charge in [-0.2, -0.15) is 0 Å². The summed E-state index contributed by atoms with van der Waals surface area (Å²) < 4.78 is 0. The fraction of sp³-hybridized carbons (Fsp3) is 0.625. The highest BCUT2D eigenvalue weighted by atomic mass is 16.3. The van der Waals surface area contributed by atoms with Gasteiger partial charge in [0.2, 0.25) is 0 Å². The molecule has 0 aliphatic heterocycles. The zero-order valence-corrected chi connectivity index (χ0v) is 11.9. The van der Waals surface area contributed by atoms with E-state index in [9.17, 15) is 5.11 Å². The molecular formula is C16H27NO. The summed E-state index contributed by atoms with van der Waals surface area (Å²) in [5.74, 6) is 0.609. The lowest BCUT2D eigenvalue weighted by Crippen LogP contribution is -2.25. The van der Waals surface area contributed by atoms with E-state index < -0.39 is 0 Å². The molecule has 0 aliphatic carbocycles. The number of aliphatic hydroxyl groups is 1. The molecule has 2 atom stereocenters. The lowest BCUT2D eigenvalue weighted by molar-refractivity contribution is 0.133. The minimum atomic E-state index is -0.320. The Labute approximate surface area is 111 Å². The molecule has 1 aromatic carbocycles. The Morgan fingerprint density at radius 2 is 1.67 bits per heavy atom. The summed E-state index contributed by atoms with van der Waals surface area (Å²) in [5.41, 5.74) is 8.30. The lowest BCUT2D eigenvalue weighted by Gasteiger charge is -2.22. The van der Waals surface area contributed by atoms with Crippen LogP contribution in [0.3, 0.4) is 0 Å². The molecule has 1 aromatic rings. The van der Waals surface area contributed by atoms with Crippen molar-refractivity contribution in [3.8, 4) is 0 Å². The van der Waals surface area contributed by atoms with Crippen molar-refractivity contribution >= 4 is 0 Å². The number of hydrogen-bond donors (Lipinski definition) is 2. The van der Waals surface area contributed by atoms with Gasteiger partial charge in [0, 0.05) is 12.5 Å². The van der Waals surface area contributed by atoms with Gasteiger partial charge in [-0.1, -0.05) is 57.9 Å². The average Bonchev–Trinajstić information content (AvgIpc) is 2.37. The van der Waals surface area contributed by atoms with Crippen LogP contribution in [0.2, 0.25) is 0 Å². The number of aliphatic hydroxyl groups excluding tert-OH is 1. The molecule has 0 aromatic heterocycles. The minimum absolute atomic E-state index is 0.0674. The van der Waals surface area contributed by atoms with Gasteiger partial charge in [-0.05, 0) is 23.5 Å². The van der Waals surface area contributed by atoms with Crippen LogP contribution in [-0.2, 0) is 0 Å². The second-order valence-electron chi connectivity index (χ2n) is 5.37. The SMILES string of the molecule is CCCCC(O)C(CN)c1ccc(C(C)C)cc1. The molecular weight excluding hydrogens is 222 g/mol. The van der Waals surface area contributed by atoms with Crippen molar-refractivity contribution in [1.82, 2.24) is 0 Å². The standard InChI is InChI=1S/C16H27NO/c1-4-5-6-16(18)15(11-17)14-9-7-13(8-10-14)12(2)3/h7-10,12,15-16,18H,4-6,11,17H2,1-3H3. The summed E-state index contributed by atoms with van der Waals surface area (Å²) in [7, 11) is 0. The Morgan fingerprint density at radius 1 is 1.11 bits per heavy atom. The number of unbranched alkanes of at least 4 members (excludes halogenated alkanes) is 1. The van der Waals surface area contributed by atoms with Crippen LogP contribution >= 0.6 is 0 Å². The lowest BCUT2D eigenvalue weighted by atomic mass is 9.89. The molecule has 0 heterocycles. The monoisotopic (exact) mass is 249 g/mol. The van der Waals surface area contributed by atoms with Crippen LogP contribution in [0.1, 0.15) is 63.0 Å². The molecule has 2 unspecified atom stereocenters. The molecule has 18 heavy (non-hydrogen) atoms. The maximum absolute atomic E-state index is 10.2. The summed E-state index contributed by atoms with van der Waals surface area (Å²) in [6.45, 7) is 7.02. The van der Waals surface area contributed by atoms with Crippen molar-refractivity contribution in [2.24, 2.45) is 5.73 Å². The number of hydrogen-bond acceptors (Lipinski definition) is 2. The van der Waals surface area contributed by atoms with Crippen LogP contribution in [0.4, 0.5) is 0 Å². The molecule has 0 saturated carbocycles. The maximum Gasteiger partial charge on any atom is 0.0620 e. The van der Waals surface area contributed by atoms with E-state index in [2.05, 4.69) is 45.0 Å². The minimum Gasteiger partial charge on any atom is -0.392 e. The molecule has 0 radical (unpaired) electrons. The Hall–Kier alpha value is -0.860. The molecule has 0 bridgehead atoms. The predicted molar refractivity (Wildman–Crippen MR) is 77.9 cm³/mol. The van der Waals surface area contributed by atoms with Gasteiger partial charge >= 0.3 is 0 Å². The van der Waals surface area contributed by atoms with Crippen molar-refractivity contribution in [3.63, 3.8) is 0 Å². The molecule has 102 valence electrons. The third kappa shape index (κ3) is 4.11. The van der Waals surface area contributed by atoms with Crippen molar-refractivity contribution in [2.45, 2.75) is 58.0 Å². The molecule has 0 amide bonds. The highest BCUT2D eigenvalue weighted by Gasteiger charge is 2.19. The van der Waals surface area contributed by atoms with E-state index in [1.165, 1.54) is 5.56 Å². The summed E-state index contributed by atoms with van der Waals surface area (Å²) in [6.07, 6.45) is 2.69. The summed E-state index contributed by atoms with van der Waals surface area (Å²) >= 11 is 0. The van der Waals surface area contributed by atoms with E-state index >= 15 is 0 Å². The quantitative estimate of drug-likeness (QED) is 0.778. The molecule has 0 saturated heterocycles. The number of nitrogens with two attached hydrogens (primary N) is 1. The molecule has 0 fully saturated rings. The summed E-state index contributed by atoms with van der Waals surface area (Å²) in [4.78, 5) is 0. The van der Waals surface area contributed by atoms with E-state index in [4.69, 9.17) is 5.73 Å². The highest BCUT2D eigenvalue weighted by molar-refractivity contribution is 5.28. The van der Waals surface area contributed by atoms with Gasteiger partial charge < -0.3 is 10.8 Å². The topological polar surface area (TPSA) is 46.2 Å². The van der Waals surface area contributed by atoms with Crippen LogP contribution in [0.15, 0.2) is 24.3 Å². The third-order valence-corrected chi connectivity index (χ3v) is 3.60. The Morgan fingerprint density at radius 3 is 2.11 bits per heavy atom. The van der Waals surface area contributed by atoms with Crippen molar-refractivity contribution in [1.29, 1.82) is 0 Å². The van der Waals surface area contributed by atoms with E-state index in [-0.39, 0.29) is 12.0 Å². The van der Waals surface area contributed by atoms with Crippen molar-refractivity contribution in [2.75, 3.05) is 6.54 Å². The maximum atomic E-state index is 10.2.